The smallest absolute Gasteiger partial charge is 0.391 e. The van der Waals surface area contributed by atoms with Crippen LogP contribution in [0.1, 0.15) is 42.0 Å². The van der Waals surface area contributed by atoms with Gasteiger partial charge in [0.25, 0.3) is 0 Å². The van der Waals surface area contributed by atoms with Crippen LogP contribution in [0, 0.1) is 11.7 Å². The fourth-order valence-corrected chi connectivity index (χ4v) is 5.25. The molecule has 0 radical (unpaired) electrons. The lowest BCUT2D eigenvalue weighted by molar-refractivity contribution is -0.137. The van der Waals surface area contributed by atoms with Crippen LogP contribution in [0.4, 0.5) is 29.2 Å². The summed E-state index contributed by atoms with van der Waals surface area (Å²) >= 11 is 0. The van der Waals surface area contributed by atoms with Crippen LogP contribution in [-0.4, -0.2) is 62.6 Å². The summed E-state index contributed by atoms with van der Waals surface area (Å²) in [5.74, 6) is -1.37. The van der Waals surface area contributed by atoms with E-state index in [9.17, 15) is 23.1 Å². The molecule has 0 bridgehead atoms. The zero-order valence-corrected chi connectivity index (χ0v) is 22.1. The predicted molar refractivity (Wildman–Crippen MR) is 143 cm³/mol. The molecule has 1 amide bonds. The Morgan fingerprint density at radius 1 is 1.12 bits per heavy atom. The number of rotatable bonds is 10. The van der Waals surface area contributed by atoms with E-state index in [2.05, 4.69) is 20.3 Å². The first-order valence-corrected chi connectivity index (χ1v) is 13.4. The highest BCUT2D eigenvalue weighted by Gasteiger charge is 2.36. The van der Waals surface area contributed by atoms with Crippen molar-refractivity contribution in [1.29, 1.82) is 0 Å². The highest BCUT2D eigenvalue weighted by Crippen LogP contribution is 2.36. The number of amides is 1. The number of hydrogen-bond donors (Lipinski definition) is 3. The number of carbonyl (C=O) groups excluding carboxylic acids is 1. The number of benzene rings is 1. The molecular weight excluding hydrogens is 542 g/mol. The number of nitrogens with one attached hydrogen (secondary N) is 1. The summed E-state index contributed by atoms with van der Waals surface area (Å²) in [6.07, 6.45) is 1.35. The molecule has 1 aliphatic heterocycles. The summed E-state index contributed by atoms with van der Waals surface area (Å²) in [5, 5.41) is 13.9. The molecule has 2 fully saturated rings. The Labute approximate surface area is 234 Å². The molecule has 0 spiro atoms. The number of β-amino-alcohol motifs (C(OH)–C–C–N with tert-alkyl or cyclic N) is 1. The number of primary amides is 1. The molecule has 3 atom stereocenters. The van der Waals surface area contributed by atoms with Gasteiger partial charge in [-0.2, -0.15) is 17.6 Å². The number of hydrogen-bond acceptors (Lipinski definition) is 8. The predicted octanol–water partition coefficient (Wildman–Crippen LogP) is 3.52. The molecule has 1 aliphatic carbocycles. The lowest BCUT2D eigenvalue weighted by Gasteiger charge is -2.39. The molecule has 4 N–H and O–H groups in total. The monoisotopic (exact) mass is 573 g/mol. The number of pyridine rings is 1. The zero-order valence-electron chi connectivity index (χ0n) is 22.1. The minimum atomic E-state index is -4.43. The maximum absolute atomic E-state index is 15.6. The lowest BCUT2D eigenvalue weighted by Crippen LogP contribution is -2.50. The van der Waals surface area contributed by atoms with Crippen LogP contribution < -0.4 is 16.0 Å². The molecule has 3 aromatic rings. The van der Waals surface area contributed by atoms with Crippen molar-refractivity contribution < 1.29 is 27.5 Å². The molecule has 3 unspecified atom stereocenters. The van der Waals surface area contributed by atoms with E-state index >= 15 is 4.39 Å². The normalized spacial score (nSPS) is 20.4. The van der Waals surface area contributed by atoms with Gasteiger partial charge in [-0.1, -0.05) is 12.1 Å². The molecule has 1 aromatic carbocycles. The number of nitrogens with zero attached hydrogens (tertiary/aromatic N) is 5. The number of alkyl halides is 3. The van der Waals surface area contributed by atoms with E-state index in [1.807, 2.05) is 4.90 Å². The number of aliphatic hydroxyl groups excluding tert-OH is 1. The van der Waals surface area contributed by atoms with Gasteiger partial charge < -0.3 is 21.1 Å². The van der Waals surface area contributed by atoms with Gasteiger partial charge in [0.1, 0.15) is 12.4 Å². The van der Waals surface area contributed by atoms with E-state index in [4.69, 9.17) is 5.73 Å². The molecule has 1 saturated heterocycles. The Morgan fingerprint density at radius 3 is 2.44 bits per heavy atom. The van der Waals surface area contributed by atoms with Gasteiger partial charge in [-0.05, 0) is 61.2 Å². The number of nitrogens with two attached hydrogens (primary N) is 1. The first-order valence-electron chi connectivity index (χ1n) is 13.4. The van der Waals surface area contributed by atoms with Crippen molar-refractivity contribution >= 4 is 17.5 Å². The second kappa shape index (κ2) is 12.0. The number of aromatic nitrogens is 3. The maximum Gasteiger partial charge on any atom is 0.416 e. The van der Waals surface area contributed by atoms with Gasteiger partial charge in [0.15, 0.2) is 11.6 Å². The van der Waals surface area contributed by atoms with Crippen LogP contribution in [0.2, 0.25) is 0 Å². The summed E-state index contributed by atoms with van der Waals surface area (Å²) in [6, 6.07) is 7.58. The molecule has 9 nitrogen and oxygen atoms in total. The van der Waals surface area contributed by atoms with Gasteiger partial charge >= 0.3 is 6.18 Å². The maximum atomic E-state index is 15.6. The van der Waals surface area contributed by atoms with Gasteiger partial charge in [-0.25, -0.2) is 9.97 Å². The average Bonchev–Trinajstić information content (AvgIpc) is 3.78. The minimum absolute atomic E-state index is 0.0190. The van der Waals surface area contributed by atoms with E-state index in [1.165, 1.54) is 18.5 Å². The third kappa shape index (κ3) is 6.73. The first kappa shape index (κ1) is 28.7. The van der Waals surface area contributed by atoms with E-state index in [-0.39, 0.29) is 43.2 Å². The molecule has 13 heteroatoms. The SMILES string of the molecule is NC(=O)C(c1ccncc1)N1CCC(CNc2ncnc(N(Cc3ccc(C(F)(F)F)cc3)C3CC3)c2F)C(O)C1. The molecule has 2 aliphatic rings. The third-order valence-electron chi connectivity index (χ3n) is 7.61. The van der Waals surface area contributed by atoms with E-state index in [0.29, 0.717) is 24.1 Å². The van der Waals surface area contributed by atoms with E-state index in [1.54, 1.807) is 29.4 Å². The van der Waals surface area contributed by atoms with Crippen LogP contribution in [0.15, 0.2) is 55.1 Å². The van der Waals surface area contributed by atoms with Crippen molar-refractivity contribution in [3.8, 4) is 0 Å². The molecule has 1 saturated carbocycles. The van der Waals surface area contributed by atoms with Crippen LogP contribution in [-0.2, 0) is 17.5 Å². The fraction of sp³-hybridized carbons (Fsp3) is 0.429. The number of anilines is 2. The Hall–Kier alpha value is -3.84. The fourth-order valence-electron chi connectivity index (χ4n) is 5.25. The van der Waals surface area contributed by atoms with Gasteiger partial charge in [0, 0.05) is 44.0 Å². The standard InChI is InChI=1S/C28H31F4N7O2/c29-23-26(35-13-19-9-12-38(15-22(19)40)24(25(33)41)18-7-10-34-11-8-18)36-16-37-27(23)39(21-5-6-21)14-17-1-3-20(4-2-17)28(30,31)32/h1-4,7-8,10-11,16,19,21-22,24,40H,5-6,9,12-15H2,(H2,33,41)(H,35,36,37). The van der Waals surface area contributed by atoms with Crippen LogP contribution >= 0.6 is 0 Å². The number of carbonyl (C=O) groups is 1. The summed E-state index contributed by atoms with van der Waals surface area (Å²) in [5.41, 5.74) is 6.23. The molecule has 41 heavy (non-hydrogen) atoms. The molecular formula is C28H31F4N7O2. The van der Waals surface area contributed by atoms with Crippen molar-refractivity contribution in [2.75, 3.05) is 29.9 Å². The summed E-state index contributed by atoms with van der Waals surface area (Å²) < 4.78 is 54.5. The van der Waals surface area contributed by atoms with Gasteiger partial charge in [0.05, 0.1) is 11.7 Å². The molecule has 3 heterocycles. The summed E-state index contributed by atoms with van der Waals surface area (Å²) in [6.45, 7) is 1.15. The van der Waals surface area contributed by atoms with Crippen molar-refractivity contribution in [3.05, 3.63) is 77.6 Å². The molecule has 2 aromatic heterocycles. The van der Waals surface area contributed by atoms with Crippen LogP contribution in [0.25, 0.3) is 0 Å². The van der Waals surface area contributed by atoms with Gasteiger partial charge in [-0.15, -0.1) is 0 Å². The van der Waals surface area contributed by atoms with E-state index in [0.717, 1.165) is 25.0 Å². The van der Waals surface area contributed by atoms with Crippen LogP contribution in [0.3, 0.4) is 0 Å². The lowest BCUT2D eigenvalue weighted by atomic mass is 9.91. The van der Waals surface area contributed by atoms with Gasteiger partial charge in [0.2, 0.25) is 11.7 Å². The Balaban J connectivity index is 1.23. The Morgan fingerprint density at radius 2 is 1.83 bits per heavy atom. The van der Waals surface area contributed by atoms with E-state index < -0.39 is 35.6 Å². The average molecular weight is 574 g/mol. The minimum Gasteiger partial charge on any atom is -0.391 e. The number of aliphatic hydroxyl groups is 1. The Bertz CT molecular complexity index is 1340. The number of piperidine rings is 1. The quantitative estimate of drug-likeness (QED) is 0.315. The second-order valence-electron chi connectivity index (χ2n) is 10.5. The van der Waals surface area contributed by atoms with Crippen molar-refractivity contribution in [3.63, 3.8) is 0 Å². The molecule has 218 valence electrons. The van der Waals surface area contributed by atoms with Crippen LogP contribution in [0.5, 0.6) is 0 Å². The number of likely N-dealkylation sites (tertiary alicyclic amines) is 1. The van der Waals surface area contributed by atoms with Crippen molar-refractivity contribution in [2.24, 2.45) is 11.7 Å². The topological polar surface area (TPSA) is 120 Å². The third-order valence-corrected chi connectivity index (χ3v) is 7.61. The summed E-state index contributed by atoms with van der Waals surface area (Å²) in [4.78, 5) is 28.0. The van der Waals surface area contributed by atoms with Crippen molar-refractivity contribution in [1.82, 2.24) is 19.9 Å². The largest absolute Gasteiger partial charge is 0.416 e. The van der Waals surface area contributed by atoms with Gasteiger partial charge in [-0.3, -0.25) is 14.7 Å². The number of halogens is 4. The Kier molecular flexibility index (Phi) is 8.36. The molecule has 5 rings (SSSR count). The summed E-state index contributed by atoms with van der Waals surface area (Å²) in [7, 11) is 0. The second-order valence-corrected chi connectivity index (χ2v) is 10.5. The highest BCUT2D eigenvalue weighted by atomic mass is 19.4. The zero-order chi connectivity index (χ0) is 29.1. The van der Waals surface area contributed by atoms with Crippen molar-refractivity contribution in [2.45, 2.75) is 50.2 Å². The first-order chi connectivity index (χ1) is 19.6. The highest BCUT2D eigenvalue weighted by molar-refractivity contribution is 5.81.